The Balaban J connectivity index is 1.81. The lowest BCUT2D eigenvalue weighted by Crippen LogP contribution is -2.40. The van der Waals surface area contributed by atoms with Gasteiger partial charge in [0.15, 0.2) is 5.96 Å². The van der Waals surface area contributed by atoms with Gasteiger partial charge < -0.3 is 16.0 Å². The Bertz CT molecular complexity index is 467. The van der Waals surface area contributed by atoms with E-state index in [1.54, 1.807) is 0 Å². The third kappa shape index (κ3) is 4.57. The second kappa shape index (κ2) is 7.53. The third-order valence-corrected chi connectivity index (χ3v) is 3.07. The van der Waals surface area contributed by atoms with Gasteiger partial charge in [0, 0.05) is 31.7 Å². The van der Waals surface area contributed by atoms with Crippen LogP contribution < -0.4 is 16.0 Å². The molecule has 1 aliphatic rings. The Hall–Kier alpha value is -2.04. The lowest BCUT2D eigenvalue weighted by atomic mass is 10.2. The SMILES string of the molecule is CCCC(=O)Nc1ccc(CNC2=NCCCN2)cc1. The first-order valence-electron chi connectivity index (χ1n) is 7.19. The van der Waals surface area contributed by atoms with Crippen molar-refractivity contribution >= 4 is 17.6 Å². The van der Waals surface area contributed by atoms with Gasteiger partial charge in [-0.2, -0.15) is 0 Å². The average molecular weight is 274 g/mol. The highest BCUT2D eigenvalue weighted by atomic mass is 16.1. The summed E-state index contributed by atoms with van der Waals surface area (Å²) in [5, 5.41) is 9.37. The summed E-state index contributed by atoms with van der Waals surface area (Å²) in [6.45, 7) is 4.59. The summed E-state index contributed by atoms with van der Waals surface area (Å²) in [4.78, 5) is 15.8. The maximum Gasteiger partial charge on any atom is 0.224 e. The van der Waals surface area contributed by atoms with Crippen molar-refractivity contribution in [1.29, 1.82) is 0 Å². The first kappa shape index (κ1) is 14.4. The Labute approximate surface area is 119 Å². The van der Waals surface area contributed by atoms with Gasteiger partial charge in [0.2, 0.25) is 5.91 Å². The first-order valence-corrected chi connectivity index (χ1v) is 7.19. The number of benzene rings is 1. The molecule has 1 aromatic carbocycles. The monoisotopic (exact) mass is 274 g/mol. The number of nitrogens with one attached hydrogen (secondary N) is 3. The van der Waals surface area contributed by atoms with Crippen molar-refractivity contribution in [3.05, 3.63) is 29.8 Å². The molecular weight excluding hydrogens is 252 g/mol. The lowest BCUT2D eigenvalue weighted by Gasteiger charge is -2.16. The molecule has 0 fully saturated rings. The van der Waals surface area contributed by atoms with E-state index in [1.165, 1.54) is 0 Å². The molecule has 0 bridgehead atoms. The van der Waals surface area contributed by atoms with Crippen LogP contribution in [0.3, 0.4) is 0 Å². The summed E-state index contributed by atoms with van der Waals surface area (Å²) in [7, 11) is 0. The molecule has 0 aromatic heterocycles. The van der Waals surface area contributed by atoms with E-state index in [-0.39, 0.29) is 5.91 Å². The molecule has 0 atom stereocenters. The molecule has 5 nitrogen and oxygen atoms in total. The molecule has 5 heteroatoms. The molecule has 0 radical (unpaired) electrons. The third-order valence-electron chi connectivity index (χ3n) is 3.07. The van der Waals surface area contributed by atoms with Crippen molar-refractivity contribution in [3.8, 4) is 0 Å². The number of guanidine groups is 1. The topological polar surface area (TPSA) is 65.5 Å². The van der Waals surface area contributed by atoms with Crippen molar-refractivity contribution in [2.24, 2.45) is 4.99 Å². The second-order valence-electron chi connectivity index (χ2n) is 4.86. The van der Waals surface area contributed by atoms with Gasteiger partial charge in [-0.05, 0) is 30.5 Å². The molecule has 1 heterocycles. The van der Waals surface area contributed by atoms with Gasteiger partial charge in [-0.3, -0.25) is 9.79 Å². The zero-order valence-electron chi connectivity index (χ0n) is 11.9. The van der Waals surface area contributed by atoms with Crippen molar-refractivity contribution in [3.63, 3.8) is 0 Å². The maximum atomic E-state index is 11.5. The number of amides is 1. The predicted octanol–water partition coefficient (Wildman–Crippen LogP) is 1.86. The van der Waals surface area contributed by atoms with Crippen LogP contribution in [0, 0.1) is 0 Å². The van der Waals surface area contributed by atoms with Gasteiger partial charge >= 0.3 is 0 Å². The first-order chi connectivity index (χ1) is 9.78. The van der Waals surface area contributed by atoms with Gasteiger partial charge in [-0.25, -0.2) is 0 Å². The number of nitrogens with zero attached hydrogens (tertiary/aromatic N) is 1. The lowest BCUT2D eigenvalue weighted by molar-refractivity contribution is -0.116. The molecule has 0 saturated heterocycles. The van der Waals surface area contributed by atoms with E-state index in [2.05, 4.69) is 20.9 Å². The summed E-state index contributed by atoms with van der Waals surface area (Å²) in [6, 6.07) is 7.89. The molecule has 1 aromatic rings. The van der Waals surface area contributed by atoms with Crippen LogP contribution in [0.4, 0.5) is 5.69 Å². The fraction of sp³-hybridized carbons (Fsp3) is 0.467. The number of aliphatic imine (C=N–C) groups is 1. The van der Waals surface area contributed by atoms with E-state index in [0.717, 1.165) is 49.7 Å². The van der Waals surface area contributed by atoms with Gasteiger partial charge in [-0.1, -0.05) is 19.1 Å². The number of hydrogen-bond acceptors (Lipinski definition) is 4. The number of rotatable bonds is 5. The zero-order valence-corrected chi connectivity index (χ0v) is 11.9. The molecular formula is C15H22N4O. The highest BCUT2D eigenvalue weighted by Gasteiger charge is 2.04. The Morgan fingerprint density at radius 3 is 2.80 bits per heavy atom. The van der Waals surface area contributed by atoms with Gasteiger partial charge in [0.25, 0.3) is 0 Å². The number of carbonyl (C=O) groups is 1. The average Bonchev–Trinajstić information content (AvgIpc) is 2.48. The summed E-state index contributed by atoms with van der Waals surface area (Å²) < 4.78 is 0. The van der Waals surface area contributed by atoms with Gasteiger partial charge in [0.1, 0.15) is 0 Å². The van der Waals surface area contributed by atoms with E-state index >= 15 is 0 Å². The molecule has 108 valence electrons. The Kier molecular flexibility index (Phi) is 5.41. The van der Waals surface area contributed by atoms with Crippen LogP contribution in [0.2, 0.25) is 0 Å². The standard InChI is InChI=1S/C15H22N4O/c1-2-4-14(20)19-13-7-5-12(6-8-13)11-18-15-16-9-3-10-17-15/h5-8H,2-4,9-11H2,1H3,(H,19,20)(H2,16,17,18). The van der Waals surface area contributed by atoms with Crippen LogP contribution in [0.5, 0.6) is 0 Å². The van der Waals surface area contributed by atoms with Crippen LogP contribution in [-0.2, 0) is 11.3 Å². The van der Waals surface area contributed by atoms with Crippen LogP contribution >= 0.6 is 0 Å². The van der Waals surface area contributed by atoms with Crippen molar-refractivity contribution in [2.45, 2.75) is 32.7 Å². The van der Waals surface area contributed by atoms with E-state index in [0.29, 0.717) is 6.42 Å². The van der Waals surface area contributed by atoms with E-state index in [4.69, 9.17) is 0 Å². The minimum Gasteiger partial charge on any atom is -0.356 e. The van der Waals surface area contributed by atoms with Gasteiger partial charge in [-0.15, -0.1) is 0 Å². The molecule has 0 spiro atoms. The fourth-order valence-corrected chi connectivity index (χ4v) is 1.99. The van der Waals surface area contributed by atoms with Crippen LogP contribution in [0.15, 0.2) is 29.3 Å². The second-order valence-corrected chi connectivity index (χ2v) is 4.86. The summed E-state index contributed by atoms with van der Waals surface area (Å²) in [5.41, 5.74) is 2.01. The molecule has 3 N–H and O–H groups in total. The molecule has 0 unspecified atom stereocenters. The maximum absolute atomic E-state index is 11.5. The minimum absolute atomic E-state index is 0.0686. The van der Waals surface area contributed by atoms with E-state index in [1.807, 2.05) is 31.2 Å². The fourth-order valence-electron chi connectivity index (χ4n) is 1.99. The smallest absolute Gasteiger partial charge is 0.224 e. The summed E-state index contributed by atoms with van der Waals surface area (Å²) in [6.07, 6.45) is 2.52. The normalized spacial score (nSPS) is 14.2. The molecule has 1 amide bonds. The highest BCUT2D eigenvalue weighted by Crippen LogP contribution is 2.10. The highest BCUT2D eigenvalue weighted by molar-refractivity contribution is 5.90. The predicted molar refractivity (Wildman–Crippen MR) is 81.7 cm³/mol. The number of carbonyl (C=O) groups excluding carboxylic acids is 1. The molecule has 2 rings (SSSR count). The van der Waals surface area contributed by atoms with Crippen LogP contribution in [0.25, 0.3) is 0 Å². The van der Waals surface area contributed by atoms with Gasteiger partial charge in [0.05, 0.1) is 0 Å². The van der Waals surface area contributed by atoms with E-state index < -0.39 is 0 Å². The summed E-state index contributed by atoms with van der Waals surface area (Å²) >= 11 is 0. The Morgan fingerprint density at radius 2 is 2.15 bits per heavy atom. The number of anilines is 1. The summed E-state index contributed by atoms with van der Waals surface area (Å²) in [5.74, 6) is 0.940. The van der Waals surface area contributed by atoms with E-state index in [9.17, 15) is 4.79 Å². The Morgan fingerprint density at radius 1 is 1.35 bits per heavy atom. The van der Waals surface area contributed by atoms with Crippen LogP contribution in [-0.4, -0.2) is 25.0 Å². The van der Waals surface area contributed by atoms with Crippen molar-refractivity contribution < 1.29 is 4.79 Å². The number of hydrogen-bond donors (Lipinski definition) is 3. The molecule has 20 heavy (non-hydrogen) atoms. The minimum atomic E-state index is 0.0686. The van der Waals surface area contributed by atoms with Crippen molar-refractivity contribution in [1.82, 2.24) is 10.6 Å². The molecule has 1 aliphatic heterocycles. The largest absolute Gasteiger partial charge is 0.356 e. The molecule has 0 aliphatic carbocycles. The van der Waals surface area contributed by atoms with Crippen molar-refractivity contribution in [2.75, 3.05) is 18.4 Å². The zero-order chi connectivity index (χ0) is 14.2. The quantitative estimate of drug-likeness (QED) is 0.768. The van der Waals surface area contributed by atoms with Crippen LogP contribution in [0.1, 0.15) is 31.7 Å². The molecule has 0 saturated carbocycles.